The highest BCUT2D eigenvalue weighted by molar-refractivity contribution is 5.92. The first-order chi connectivity index (χ1) is 15.9. The van der Waals surface area contributed by atoms with E-state index in [-0.39, 0.29) is 5.56 Å². The second-order valence-corrected chi connectivity index (χ2v) is 7.85. The van der Waals surface area contributed by atoms with Crippen LogP contribution in [-0.4, -0.2) is 28.1 Å². The Hall–Kier alpha value is -4.10. The van der Waals surface area contributed by atoms with E-state index in [1.165, 1.54) is 0 Å². The molecular formula is C26H25N3O4. The van der Waals surface area contributed by atoms with Crippen LogP contribution in [0.3, 0.4) is 0 Å². The van der Waals surface area contributed by atoms with Crippen molar-refractivity contribution in [3.05, 3.63) is 101 Å². The zero-order valence-corrected chi connectivity index (χ0v) is 18.0. The molecule has 0 unspecified atom stereocenters. The average molecular weight is 444 g/mol. The summed E-state index contributed by atoms with van der Waals surface area (Å²) in [6.45, 7) is 1.52. The van der Waals surface area contributed by atoms with Crippen molar-refractivity contribution in [2.75, 3.05) is 6.54 Å². The maximum atomic E-state index is 11.2. The van der Waals surface area contributed by atoms with E-state index in [4.69, 9.17) is 21.3 Å². The van der Waals surface area contributed by atoms with Crippen molar-refractivity contribution in [1.29, 1.82) is 0 Å². The molecule has 1 heterocycles. The molecule has 168 valence electrons. The first kappa shape index (κ1) is 22.1. The monoisotopic (exact) mass is 443 g/mol. The summed E-state index contributed by atoms with van der Waals surface area (Å²) in [6, 6.07) is 19.9. The van der Waals surface area contributed by atoms with Crippen molar-refractivity contribution in [2.24, 2.45) is 11.5 Å². The third-order valence-corrected chi connectivity index (χ3v) is 5.55. The second kappa shape index (κ2) is 9.58. The number of ether oxygens (including phenoxy) is 1. The number of aromatic nitrogens is 1. The number of nitrogens with zero attached hydrogens (tertiary/aromatic N) is 1. The molecule has 4 rings (SSSR count). The summed E-state index contributed by atoms with van der Waals surface area (Å²) in [6.07, 6.45) is 2.83. The van der Waals surface area contributed by atoms with Crippen LogP contribution in [0.15, 0.2) is 72.9 Å². The van der Waals surface area contributed by atoms with Crippen molar-refractivity contribution in [2.45, 2.75) is 19.6 Å². The van der Waals surface area contributed by atoms with Crippen LogP contribution in [0.25, 0.3) is 10.9 Å². The lowest BCUT2D eigenvalue weighted by Gasteiger charge is -2.09. The molecule has 0 aliphatic rings. The summed E-state index contributed by atoms with van der Waals surface area (Å²) in [7, 11) is 0. The number of carbonyl (C=O) groups excluding carboxylic acids is 1. The number of aromatic carboxylic acids is 1. The van der Waals surface area contributed by atoms with Crippen LogP contribution < -0.4 is 16.2 Å². The van der Waals surface area contributed by atoms with Crippen molar-refractivity contribution >= 4 is 22.8 Å². The minimum Gasteiger partial charge on any atom is -0.489 e. The minimum atomic E-state index is -0.936. The molecule has 0 saturated carbocycles. The fourth-order valence-electron chi connectivity index (χ4n) is 3.81. The van der Waals surface area contributed by atoms with Crippen LogP contribution in [0, 0.1) is 0 Å². The molecular weight excluding hydrogens is 418 g/mol. The van der Waals surface area contributed by atoms with Crippen LogP contribution in [0.4, 0.5) is 0 Å². The van der Waals surface area contributed by atoms with E-state index in [0.717, 1.165) is 39.8 Å². The van der Waals surface area contributed by atoms with Gasteiger partial charge in [0.05, 0.1) is 5.56 Å². The molecule has 0 radical (unpaired) electrons. The Morgan fingerprint density at radius 2 is 1.58 bits per heavy atom. The van der Waals surface area contributed by atoms with Crippen LogP contribution >= 0.6 is 0 Å². The smallest absolute Gasteiger partial charge is 0.335 e. The van der Waals surface area contributed by atoms with E-state index in [0.29, 0.717) is 25.3 Å². The fraction of sp³-hybridized carbons (Fsp3) is 0.154. The summed E-state index contributed by atoms with van der Waals surface area (Å²) in [4.78, 5) is 22.3. The third-order valence-electron chi connectivity index (χ3n) is 5.55. The van der Waals surface area contributed by atoms with E-state index < -0.39 is 11.9 Å². The number of hydrogen-bond acceptors (Lipinski definition) is 4. The lowest BCUT2D eigenvalue weighted by Crippen LogP contribution is -2.10. The Morgan fingerprint density at radius 3 is 2.21 bits per heavy atom. The topological polar surface area (TPSA) is 121 Å². The van der Waals surface area contributed by atoms with Crippen LogP contribution in [0.2, 0.25) is 0 Å². The van der Waals surface area contributed by atoms with Gasteiger partial charge in [-0.05, 0) is 72.1 Å². The molecule has 0 spiro atoms. The number of primary amides is 1. The summed E-state index contributed by atoms with van der Waals surface area (Å²) < 4.78 is 8.13. The number of amides is 1. The normalized spacial score (nSPS) is 10.9. The number of nitrogens with two attached hydrogens (primary N) is 2. The number of carbonyl (C=O) groups is 2. The van der Waals surface area contributed by atoms with E-state index in [9.17, 15) is 9.59 Å². The Morgan fingerprint density at radius 1 is 0.909 bits per heavy atom. The highest BCUT2D eigenvalue weighted by atomic mass is 16.5. The molecule has 33 heavy (non-hydrogen) atoms. The molecule has 0 aliphatic heterocycles. The lowest BCUT2D eigenvalue weighted by molar-refractivity contribution is 0.0696. The minimum absolute atomic E-state index is 0.269. The molecule has 5 N–H and O–H groups in total. The molecule has 0 fully saturated rings. The Kier molecular flexibility index (Phi) is 6.42. The van der Waals surface area contributed by atoms with Gasteiger partial charge >= 0.3 is 5.97 Å². The number of carboxylic acid groups (broad SMARTS) is 1. The third kappa shape index (κ3) is 5.05. The molecule has 1 aromatic heterocycles. The molecule has 4 aromatic rings. The predicted octanol–water partition coefficient (Wildman–Crippen LogP) is 3.57. The van der Waals surface area contributed by atoms with E-state index in [1.54, 1.807) is 24.3 Å². The predicted molar refractivity (Wildman–Crippen MR) is 126 cm³/mol. The van der Waals surface area contributed by atoms with Crippen molar-refractivity contribution in [3.63, 3.8) is 0 Å². The summed E-state index contributed by atoms with van der Waals surface area (Å²) in [5.74, 6) is -0.652. The summed E-state index contributed by atoms with van der Waals surface area (Å²) >= 11 is 0. The maximum Gasteiger partial charge on any atom is 0.335 e. The number of fused-ring (bicyclic) bond motifs is 1. The first-order valence-electron chi connectivity index (χ1n) is 10.6. The zero-order chi connectivity index (χ0) is 23.4. The van der Waals surface area contributed by atoms with Crippen LogP contribution in [0.5, 0.6) is 5.75 Å². The summed E-state index contributed by atoms with van der Waals surface area (Å²) in [5, 5.41) is 10.2. The van der Waals surface area contributed by atoms with Crippen LogP contribution in [-0.2, 0) is 19.6 Å². The van der Waals surface area contributed by atoms with E-state index in [1.807, 2.05) is 42.5 Å². The number of benzene rings is 3. The van der Waals surface area contributed by atoms with Gasteiger partial charge in [-0.3, -0.25) is 4.79 Å². The van der Waals surface area contributed by atoms with Gasteiger partial charge in [-0.2, -0.15) is 0 Å². The Bertz CT molecular complexity index is 1290. The SMILES string of the molecule is NCCc1cn(Cc2ccc(C(=O)O)cc2)c2ccc(OCc3ccc(C(N)=O)cc3)cc12. The van der Waals surface area contributed by atoms with Gasteiger partial charge in [0.1, 0.15) is 12.4 Å². The van der Waals surface area contributed by atoms with Gasteiger partial charge in [0.25, 0.3) is 0 Å². The number of hydrogen-bond donors (Lipinski definition) is 3. The second-order valence-electron chi connectivity index (χ2n) is 7.85. The molecule has 1 amide bonds. The fourth-order valence-corrected chi connectivity index (χ4v) is 3.81. The van der Waals surface area contributed by atoms with E-state index in [2.05, 4.69) is 10.8 Å². The lowest BCUT2D eigenvalue weighted by atomic mass is 10.1. The van der Waals surface area contributed by atoms with Gasteiger partial charge in [0.2, 0.25) is 5.91 Å². The maximum absolute atomic E-state index is 11.2. The largest absolute Gasteiger partial charge is 0.489 e. The van der Waals surface area contributed by atoms with E-state index >= 15 is 0 Å². The van der Waals surface area contributed by atoms with Gasteiger partial charge in [0, 0.05) is 29.2 Å². The first-order valence-corrected chi connectivity index (χ1v) is 10.6. The molecule has 0 saturated heterocycles. The van der Waals surface area contributed by atoms with Crippen molar-refractivity contribution < 1.29 is 19.4 Å². The average Bonchev–Trinajstić information content (AvgIpc) is 3.15. The van der Waals surface area contributed by atoms with Gasteiger partial charge in [-0.1, -0.05) is 24.3 Å². The quantitative estimate of drug-likeness (QED) is 0.365. The zero-order valence-electron chi connectivity index (χ0n) is 18.0. The van der Waals surface area contributed by atoms with Crippen molar-refractivity contribution in [1.82, 2.24) is 4.57 Å². The van der Waals surface area contributed by atoms with Crippen molar-refractivity contribution in [3.8, 4) is 5.75 Å². The van der Waals surface area contributed by atoms with Gasteiger partial charge in [0.15, 0.2) is 0 Å². The van der Waals surface area contributed by atoms with Gasteiger partial charge < -0.3 is 25.9 Å². The highest BCUT2D eigenvalue weighted by Crippen LogP contribution is 2.28. The number of rotatable bonds is 9. The standard InChI is InChI=1S/C26H25N3O4/c27-12-11-21-15-29(14-17-1-7-20(8-2-17)26(31)32)24-10-9-22(13-23(21)24)33-16-18-3-5-19(6-4-18)25(28)30/h1-10,13,15H,11-12,14,16,27H2,(H2,28,30)(H,31,32). The summed E-state index contributed by atoms with van der Waals surface area (Å²) in [5.41, 5.74) is 16.0. The molecule has 3 aromatic carbocycles. The number of carboxylic acids is 1. The molecule has 0 atom stereocenters. The Balaban J connectivity index is 1.55. The van der Waals surface area contributed by atoms with Gasteiger partial charge in [-0.25, -0.2) is 4.79 Å². The molecule has 7 heteroatoms. The highest BCUT2D eigenvalue weighted by Gasteiger charge is 2.11. The Labute approximate surface area is 191 Å². The molecule has 0 aliphatic carbocycles. The molecule has 7 nitrogen and oxygen atoms in total. The van der Waals surface area contributed by atoms with Crippen LogP contribution in [0.1, 0.15) is 37.4 Å². The van der Waals surface area contributed by atoms with Gasteiger partial charge in [-0.15, -0.1) is 0 Å². The molecule has 0 bridgehead atoms.